The van der Waals surface area contributed by atoms with E-state index in [4.69, 9.17) is 0 Å². The topological polar surface area (TPSA) is 53.9 Å². The third kappa shape index (κ3) is 1.60. The minimum Gasteiger partial charge on any atom is -0.393 e. The molecule has 0 unspecified atom stereocenters. The summed E-state index contributed by atoms with van der Waals surface area (Å²) in [7, 11) is 0. The van der Waals surface area contributed by atoms with Gasteiger partial charge in [0.25, 0.3) is 0 Å². The molecule has 132 valence electrons. The van der Waals surface area contributed by atoms with E-state index in [9.17, 15) is 9.90 Å². The normalized spacial score (nSPS) is 58.0. The number of carbonyl (C=O) groups is 1. The molecule has 5 aliphatic rings. The Morgan fingerprint density at radius 3 is 2.79 bits per heavy atom. The molecule has 4 aliphatic carbocycles. The Hall–Kier alpha value is -0.670. The van der Waals surface area contributed by atoms with E-state index in [2.05, 4.69) is 25.2 Å². The third-order valence-corrected chi connectivity index (χ3v) is 9.44. The van der Waals surface area contributed by atoms with Crippen molar-refractivity contribution in [3.8, 4) is 0 Å². The lowest BCUT2D eigenvalue weighted by Gasteiger charge is -2.57. The van der Waals surface area contributed by atoms with Gasteiger partial charge in [-0.2, -0.15) is 0 Å². The van der Waals surface area contributed by atoms with E-state index in [1.54, 1.807) is 5.57 Å². The molecular formula is C21H32NO2+. The van der Waals surface area contributed by atoms with Crippen LogP contribution in [-0.4, -0.2) is 28.6 Å². The first kappa shape index (κ1) is 15.6. The van der Waals surface area contributed by atoms with Crippen LogP contribution < -0.4 is 5.32 Å². The summed E-state index contributed by atoms with van der Waals surface area (Å²) >= 11 is 0. The molecule has 1 aliphatic heterocycles. The summed E-state index contributed by atoms with van der Waals surface area (Å²) < 4.78 is 0. The zero-order valence-electron chi connectivity index (χ0n) is 15.3. The van der Waals surface area contributed by atoms with Gasteiger partial charge in [0.15, 0.2) is 11.8 Å². The van der Waals surface area contributed by atoms with Crippen LogP contribution in [0.3, 0.4) is 0 Å². The molecule has 0 aromatic rings. The predicted molar refractivity (Wildman–Crippen MR) is 92.2 cm³/mol. The molecule has 1 heterocycles. The smallest absolute Gasteiger partial charge is 0.212 e. The molecule has 0 aromatic carbocycles. The Kier molecular flexibility index (Phi) is 2.94. The molecule has 0 radical (unpaired) electrons. The van der Waals surface area contributed by atoms with Crippen LogP contribution in [0.4, 0.5) is 0 Å². The van der Waals surface area contributed by atoms with E-state index in [0.717, 1.165) is 37.0 Å². The fourth-order valence-corrected chi connectivity index (χ4v) is 8.10. The van der Waals surface area contributed by atoms with Gasteiger partial charge in [-0.05, 0) is 61.7 Å². The second-order valence-electron chi connectivity index (χ2n) is 10.0. The second kappa shape index (κ2) is 4.54. The van der Waals surface area contributed by atoms with E-state index >= 15 is 0 Å². The Bertz CT molecular complexity index is 642. The van der Waals surface area contributed by atoms with Crippen molar-refractivity contribution in [3.63, 3.8) is 0 Å². The highest BCUT2D eigenvalue weighted by atomic mass is 16.3. The Morgan fingerprint density at radius 2 is 2.04 bits per heavy atom. The summed E-state index contributed by atoms with van der Waals surface area (Å²) in [5.41, 5.74) is 1.99. The van der Waals surface area contributed by atoms with Gasteiger partial charge in [0.2, 0.25) is 5.54 Å². The van der Waals surface area contributed by atoms with Crippen molar-refractivity contribution >= 4 is 5.78 Å². The Labute approximate surface area is 145 Å². The van der Waals surface area contributed by atoms with Gasteiger partial charge in [-0.15, -0.1) is 0 Å². The van der Waals surface area contributed by atoms with E-state index in [1.165, 1.54) is 25.7 Å². The van der Waals surface area contributed by atoms with Crippen molar-refractivity contribution in [1.29, 1.82) is 0 Å². The number of hydrogen-bond donors (Lipinski definition) is 2. The van der Waals surface area contributed by atoms with Crippen molar-refractivity contribution in [1.82, 2.24) is 0 Å². The fraction of sp³-hybridized carbons (Fsp3) is 0.857. The number of fused-ring (bicyclic) bond motifs is 7. The fourth-order valence-electron chi connectivity index (χ4n) is 8.10. The Balaban J connectivity index is 1.51. The molecule has 3 saturated carbocycles. The van der Waals surface area contributed by atoms with Gasteiger partial charge >= 0.3 is 0 Å². The van der Waals surface area contributed by atoms with Crippen molar-refractivity contribution < 1.29 is 15.2 Å². The molecular weight excluding hydrogens is 298 g/mol. The summed E-state index contributed by atoms with van der Waals surface area (Å²) in [5.74, 6) is 2.67. The van der Waals surface area contributed by atoms with Crippen LogP contribution >= 0.6 is 0 Å². The molecule has 3 heteroatoms. The number of quaternary nitrogens is 1. The van der Waals surface area contributed by atoms with Crippen LogP contribution in [0.25, 0.3) is 0 Å². The molecule has 3 nitrogen and oxygen atoms in total. The van der Waals surface area contributed by atoms with Crippen LogP contribution in [0.2, 0.25) is 0 Å². The molecule has 8 atom stereocenters. The molecule has 1 saturated heterocycles. The monoisotopic (exact) mass is 330 g/mol. The first-order chi connectivity index (χ1) is 11.3. The number of ketones is 1. The number of aliphatic hydroxyl groups is 1. The summed E-state index contributed by atoms with van der Waals surface area (Å²) in [4.78, 5) is 12.5. The maximum atomic E-state index is 12.5. The van der Waals surface area contributed by atoms with E-state index < -0.39 is 0 Å². The van der Waals surface area contributed by atoms with Gasteiger partial charge in [0.1, 0.15) is 0 Å². The lowest BCUT2D eigenvalue weighted by molar-refractivity contribution is -0.556. The zero-order valence-corrected chi connectivity index (χ0v) is 15.3. The first-order valence-electron chi connectivity index (χ1n) is 10.1. The number of carbonyl (C=O) groups excluding carboxylic acids is 1. The van der Waals surface area contributed by atoms with Gasteiger partial charge < -0.3 is 10.4 Å². The summed E-state index contributed by atoms with van der Waals surface area (Å²) in [5, 5.41) is 12.5. The van der Waals surface area contributed by atoms with Crippen LogP contribution in [0.5, 0.6) is 0 Å². The van der Waals surface area contributed by atoms with Gasteiger partial charge in [-0.1, -0.05) is 25.5 Å². The van der Waals surface area contributed by atoms with E-state index in [0.29, 0.717) is 17.2 Å². The van der Waals surface area contributed by atoms with Crippen LogP contribution in [0.15, 0.2) is 11.6 Å². The Morgan fingerprint density at radius 1 is 1.25 bits per heavy atom. The highest BCUT2D eigenvalue weighted by Gasteiger charge is 2.82. The van der Waals surface area contributed by atoms with Crippen LogP contribution in [0.1, 0.15) is 65.7 Å². The molecule has 0 amide bonds. The lowest BCUT2D eigenvalue weighted by Crippen LogP contribution is -2.77. The molecule has 0 aromatic heterocycles. The van der Waals surface area contributed by atoms with Crippen LogP contribution in [0, 0.1) is 28.6 Å². The average molecular weight is 330 g/mol. The summed E-state index contributed by atoms with van der Waals surface area (Å²) in [6.07, 6.45) is 10.3. The van der Waals surface area contributed by atoms with E-state index in [-0.39, 0.29) is 17.1 Å². The SMILES string of the molecule is CC(=O)[C@@]12[NH2+][C@@H]1C[C@H]1[C@H]3CC=C4C[C@@H](O)CC[C@]4(C)[C@@H]3CC[C@@]12C. The first-order valence-corrected chi connectivity index (χ1v) is 10.1. The molecule has 4 fully saturated rings. The number of hydrogen-bond acceptors (Lipinski definition) is 2. The van der Waals surface area contributed by atoms with Gasteiger partial charge in [0.05, 0.1) is 6.10 Å². The van der Waals surface area contributed by atoms with E-state index in [1.807, 2.05) is 6.92 Å². The molecule has 24 heavy (non-hydrogen) atoms. The molecule has 0 spiro atoms. The summed E-state index contributed by atoms with van der Waals surface area (Å²) in [6, 6.07) is 0.565. The van der Waals surface area contributed by atoms with Crippen LogP contribution in [-0.2, 0) is 4.79 Å². The van der Waals surface area contributed by atoms with Gasteiger partial charge in [0, 0.05) is 18.8 Å². The number of aliphatic hydroxyl groups excluding tert-OH is 1. The number of rotatable bonds is 1. The number of nitrogens with two attached hydrogens (primary N) is 1. The molecule has 5 rings (SSSR count). The van der Waals surface area contributed by atoms with Gasteiger partial charge in [-0.3, -0.25) is 4.79 Å². The number of allylic oxidation sites excluding steroid dienone is 1. The molecule has 3 N–H and O–H groups in total. The summed E-state index contributed by atoms with van der Waals surface area (Å²) in [6.45, 7) is 6.75. The number of Topliss-reactive ketones (excluding diaryl/α,β-unsaturated/α-hetero) is 1. The van der Waals surface area contributed by atoms with Crippen molar-refractivity contribution in [2.24, 2.45) is 28.6 Å². The minimum absolute atomic E-state index is 0.0731. The zero-order chi connectivity index (χ0) is 16.9. The third-order valence-electron chi connectivity index (χ3n) is 9.44. The maximum Gasteiger partial charge on any atom is 0.212 e. The lowest BCUT2D eigenvalue weighted by atomic mass is 9.46. The average Bonchev–Trinajstić information content (AvgIpc) is 3.21. The van der Waals surface area contributed by atoms with Crippen molar-refractivity contribution in [2.45, 2.75) is 83.4 Å². The quantitative estimate of drug-likeness (QED) is 0.572. The van der Waals surface area contributed by atoms with Gasteiger partial charge in [-0.25, -0.2) is 0 Å². The standard InChI is InChI=1S/C21H31NO2/c1-12(23)21-18(22-21)11-17-15-5-4-13-10-14(24)6-8-19(13,2)16(15)7-9-20(17,21)3/h4,14-18,22,24H,5-11H2,1-3H3/p+1/t14-,15-,16+,17-,18+,19-,20-,21+/m0/s1. The second-order valence-corrected chi connectivity index (χ2v) is 10.0. The van der Waals surface area contributed by atoms with Crippen molar-refractivity contribution in [3.05, 3.63) is 11.6 Å². The largest absolute Gasteiger partial charge is 0.393 e. The number of piperidine rings is 1. The predicted octanol–water partition coefficient (Wildman–Crippen LogP) is 2.19. The maximum absolute atomic E-state index is 12.5. The highest BCUT2D eigenvalue weighted by Crippen LogP contribution is 2.68. The minimum atomic E-state index is -0.121. The highest BCUT2D eigenvalue weighted by molar-refractivity contribution is 5.89. The molecule has 0 bridgehead atoms. The van der Waals surface area contributed by atoms with Crippen molar-refractivity contribution in [2.75, 3.05) is 0 Å².